The summed E-state index contributed by atoms with van der Waals surface area (Å²) in [5, 5.41) is 22.7. The average molecular weight is 482 g/mol. The molecule has 0 saturated carbocycles. The van der Waals surface area contributed by atoms with E-state index in [1.807, 2.05) is 18.2 Å². The molecule has 0 atom stereocenters. The van der Waals surface area contributed by atoms with Gasteiger partial charge < -0.3 is 14.9 Å². The highest BCUT2D eigenvalue weighted by Gasteiger charge is 2.16. The number of fused-ring (bicyclic) bond motifs is 1. The fourth-order valence-electron chi connectivity index (χ4n) is 5.41. The molecule has 1 aliphatic heterocycles. The largest absolute Gasteiger partial charge is 0.508 e. The van der Waals surface area contributed by atoms with E-state index < -0.39 is 0 Å². The molecule has 1 aliphatic rings. The molecule has 1 heterocycles. The Labute approximate surface area is 213 Å². The van der Waals surface area contributed by atoms with Crippen LogP contribution in [0.25, 0.3) is 21.9 Å². The Morgan fingerprint density at radius 2 is 1.58 bits per heavy atom. The third-order valence-electron chi connectivity index (χ3n) is 7.34. The number of hydrogen-bond acceptors (Lipinski definition) is 4. The van der Waals surface area contributed by atoms with E-state index in [1.165, 1.54) is 43.5 Å². The van der Waals surface area contributed by atoms with E-state index in [-0.39, 0.29) is 5.75 Å². The first-order valence-corrected chi connectivity index (χ1v) is 13.1. The van der Waals surface area contributed by atoms with Gasteiger partial charge in [0, 0.05) is 12.1 Å². The smallest absolute Gasteiger partial charge is 0.119 e. The highest BCUT2D eigenvalue weighted by Crippen LogP contribution is 2.37. The molecule has 0 radical (unpaired) electrons. The van der Waals surface area contributed by atoms with E-state index in [1.54, 1.807) is 12.1 Å². The molecule has 0 spiro atoms. The normalized spacial score (nSPS) is 14.2. The molecule has 4 aromatic carbocycles. The predicted octanol–water partition coefficient (Wildman–Crippen LogP) is 6.94. The first-order valence-electron chi connectivity index (χ1n) is 13.1. The molecule has 0 aliphatic carbocycles. The molecule has 186 valence electrons. The van der Waals surface area contributed by atoms with Crippen LogP contribution in [0.5, 0.6) is 17.2 Å². The van der Waals surface area contributed by atoms with Crippen molar-refractivity contribution in [1.29, 1.82) is 0 Å². The van der Waals surface area contributed by atoms with Gasteiger partial charge in [-0.05, 0) is 102 Å². The molecular formula is C32H35NO3. The van der Waals surface area contributed by atoms with Crippen LogP contribution in [0.15, 0.2) is 72.8 Å². The van der Waals surface area contributed by atoms with Crippen molar-refractivity contribution >= 4 is 10.8 Å². The Balaban J connectivity index is 1.42. The van der Waals surface area contributed by atoms with Crippen molar-refractivity contribution < 1.29 is 14.9 Å². The summed E-state index contributed by atoms with van der Waals surface area (Å²) in [5.41, 5.74) is 5.50. The Morgan fingerprint density at radius 3 is 2.36 bits per heavy atom. The fraction of sp³-hybridized carbons (Fsp3) is 0.312. The van der Waals surface area contributed by atoms with E-state index in [4.69, 9.17) is 4.74 Å². The van der Waals surface area contributed by atoms with Crippen LogP contribution in [0.2, 0.25) is 0 Å². The minimum atomic E-state index is 0.263. The van der Waals surface area contributed by atoms with Crippen LogP contribution in [0.1, 0.15) is 42.9 Å². The number of piperidine rings is 1. The van der Waals surface area contributed by atoms with Gasteiger partial charge in [0.15, 0.2) is 0 Å². The monoisotopic (exact) mass is 481 g/mol. The number of hydrogen-bond donors (Lipinski definition) is 2. The second kappa shape index (κ2) is 11.0. The van der Waals surface area contributed by atoms with Crippen molar-refractivity contribution in [2.45, 2.75) is 39.0 Å². The fourth-order valence-corrected chi connectivity index (χ4v) is 5.41. The molecular weight excluding hydrogens is 446 g/mol. The number of phenolic OH excluding ortho intramolecular Hbond substituents is 2. The minimum Gasteiger partial charge on any atom is -0.508 e. The molecule has 4 nitrogen and oxygen atoms in total. The molecule has 5 rings (SSSR count). The lowest BCUT2D eigenvalue weighted by Crippen LogP contribution is -2.33. The summed E-state index contributed by atoms with van der Waals surface area (Å²) in [6.07, 6.45) is 5.44. The predicted molar refractivity (Wildman–Crippen MR) is 147 cm³/mol. The van der Waals surface area contributed by atoms with E-state index >= 15 is 0 Å². The standard InChI is InChI=1S/C32H35NO3/c1-2-27-29(7-6-8-32(27)35)30-15-11-24-22-25(34)12-16-28(24)31(30)21-23-9-13-26(14-10-23)36-20-19-33-17-4-3-5-18-33/h6-16,22,34-35H,2-5,17-21H2,1H3. The zero-order chi connectivity index (χ0) is 24.9. The maximum absolute atomic E-state index is 10.5. The van der Waals surface area contributed by atoms with Crippen molar-refractivity contribution in [3.63, 3.8) is 0 Å². The quantitative estimate of drug-likeness (QED) is 0.286. The van der Waals surface area contributed by atoms with E-state index in [0.29, 0.717) is 12.4 Å². The summed E-state index contributed by atoms with van der Waals surface area (Å²) in [7, 11) is 0. The Kier molecular flexibility index (Phi) is 7.43. The average Bonchev–Trinajstić information content (AvgIpc) is 2.90. The van der Waals surface area contributed by atoms with Gasteiger partial charge in [-0.1, -0.05) is 55.8 Å². The number of nitrogens with zero attached hydrogens (tertiary/aromatic N) is 1. The van der Waals surface area contributed by atoms with Crippen molar-refractivity contribution in [3.8, 4) is 28.4 Å². The van der Waals surface area contributed by atoms with Crippen molar-refractivity contribution in [2.75, 3.05) is 26.2 Å². The lowest BCUT2D eigenvalue weighted by Gasteiger charge is -2.26. The first-order chi connectivity index (χ1) is 17.6. The summed E-state index contributed by atoms with van der Waals surface area (Å²) in [6, 6.07) is 23.9. The highest BCUT2D eigenvalue weighted by molar-refractivity contribution is 5.93. The van der Waals surface area contributed by atoms with E-state index in [9.17, 15) is 10.2 Å². The van der Waals surface area contributed by atoms with Crippen molar-refractivity contribution in [1.82, 2.24) is 4.90 Å². The Bertz CT molecular complexity index is 1320. The number of ether oxygens (including phenoxy) is 1. The number of aromatic hydroxyl groups is 2. The number of phenols is 2. The molecule has 0 amide bonds. The maximum Gasteiger partial charge on any atom is 0.119 e. The number of rotatable bonds is 8. The van der Waals surface area contributed by atoms with Gasteiger partial charge in [0.05, 0.1) is 0 Å². The van der Waals surface area contributed by atoms with E-state index in [0.717, 1.165) is 52.6 Å². The molecule has 1 saturated heterocycles. The summed E-state index contributed by atoms with van der Waals surface area (Å²) in [6.45, 7) is 6.14. The van der Waals surface area contributed by atoms with Gasteiger partial charge in [-0.25, -0.2) is 0 Å². The highest BCUT2D eigenvalue weighted by atomic mass is 16.5. The summed E-state index contributed by atoms with van der Waals surface area (Å²) in [4.78, 5) is 2.49. The van der Waals surface area contributed by atoms with Crippen molar-refractivity contribution in [3.05, 3.63) is 89.5 Å². The lowest BCUT2D eigenvalue weighted by molar-refractivity contribution is 0.183. The molecule has 0 unspecified atom stereocenters. The molecule has 0 bridgehead atoms. The van der Waals surface area contributed by atoms with Gasteiger partial charge >= 0.3 is 0 Å². The van der Waals surface area contributed by atoms with Crippen molar-refractivity contribution in [2.24, 2.45) is 0 Å². The SMILES string of the molecule is CCc1c(O)cccc1-c1ccc2cc(O)ccc2c1Cc1ccc(OCCN2CCCCC2)cc1. The second-order valence-corrected chi connectivity index (χ2v) is 9.73. The Morgan fingerprint density at radius 1 is 0.806 bits per heavy atom. The minimum absolute atomic E-state index is 0.263. The van der Waals surface area contributed by atoms with E-state index in [2.05, 4.69) is 54.3 Å². The first kappa shape index (κ1) is 24.2. The van der Waals surface area contributed by atoms with Crippen LogP contribution in [0.3, 0.4) is 0 Å². The molecule has 4 aromatic rings. The Hall–Kier alpha value is -3.50. The topological polar surface area (TPSA) is 52.9 Å². The zero-order valence-electron chi connectivity index (χ0n) is 21.0. The van der Waals surface area contributed by atoms with Gasteiger partial charge in [0.2, 0.25) is 0 Å². The summed E-state index contributed by atoms with van der Waals surface area (Å²) >= 11 is 0. The maximum atomic E-state index is 10.5. The third kappa shape index (κ3) is 5.34. The molecule has 1 fully saturated rings. The molecule has 2 N–H and O–H groups in total. The zero-order valence-corrected chi connectivity index (χ0v) is 21.0. The molecule has 0 aromatic heterocycles. The van der Waals surface area contributed by atoms with Crippen LogP contribution < -0.4 is 4.74 Å². The lowest BCUT2D eigenvalue weighted by atomic mass is 9.87. The molecule has 4 heteroatoms. The van der Waals surface area contributed by atoms with Crippen LogP contribution in [0, 0.1) is 0 Å². The number of likely N-dealkylation sites (tertiary alicyclic amines) is 1. The number of benzene rings is 4. The second-order valence-electron chi connectivity index (χ2n) is 9.73. The molecule has 36 heavy (non-hydrogen) atoms. The van der Waals surface area contributed by atoms with Gasteiger partial charge in [-0.3, -0.25) is 4.90 Å². The van der Waals surface area contributed by atoms with Gasteiger partial charge in [0.25, 0.3) is 0 Å². The van der Waals surface area contributed by atoms with Crippen LogP contribution in [-0.4, -0.2) is 41.4 Å². The third-order valence-corrected chi connectivity index (χ3v) is 7.34. The van der Waals surface area contributed by atoms with Crippen LogP contribution in [-0.2, 0) is 12.8 Å². The summed E-state index contributed by atoms with van der Waals surface area (Å²) < 4.78 is 6.04. The van der Waals surface area contributed by atoms with Gasteiger partial charge in [-0.2, -0.15) is 0 Å². The van der Waals surface area contributed by atoms with Gasteiger partial charge in [0.1, 0.15) is 23.9 Å². The van der Waals surface area contributed by atoms with Gasteiger partial charge in [-0.15, -0.1) is 0 Å². The summed E-state index contributed by atoms with van der Waals surface area (Å²) in [5.74, 6) is 1.50. The van der Waals surface area contributed by atoms with Crippen LogP contribution in [0.4, 0.5) is 0 Å². The van der Waals surface area contributed by atoms with Crippen LogP contribution >= 0.6 is 0 Å².